The zero-order valence-corrected chi connectivity index (χ0v) is 11.9. The van der Waals surface area contributed by atoms with Crippen LogP contribution < -0.4 is 5.32 Å². The monoisotopic (exact) mass is 298 g/mol. The Morgan fingerprint density at radius 3 is 2.38 bits per heavy atom. The fourth-order valence-corrected chi connectivity index (χ4v) is 1.93. The fraction of sp³-hybridized carbons (Fsp3) is 0.0625. The molecule has 2 aromatic rings. The molecule has 0 atom stereocenters. The lowest BCUT2D eigenvalue weighted by atomic mass is 10.1. The van der Waals surface area contributed by atoms with Crippen molar-refractivity contribution in [3.63, 3.8) is 0 Å². The summed E-state index contributed by atoms with van der Waals surface area (Å²) < 4.78 is 0. The molecule has 0 aromatic heterocycles. The van der Waals surface area contributed by atoms with Gasteiger partial charge >= 0.3 is 0 Å². The lowest BCUT2D eigenvalue weighted by Gasteiger charge is -2.06. The Morgan fingerprint density at radius 2 is 1.81 bits per heavy atom. The number of rotatable bonds is 3. The summed E-state index contributed by atoms with van der Waals surface area (Å²) in [4.78, 5) is 23.9. The number of anilines is 1. The van der Waals surface area contributed by atoms with Gasteiger partial charge in [-0.1, -0.05) is 41.4 Å². The first-order valence-electron chi connectivity index (χ1n) is 6.13. The highest BCUT2D eigenvalue weighted by molar-refractivity contribution is 6.46. The predicted octanol–water partition coefficient (Wildman–Crippen LogP) is 3.34. The van der Waals surface area contributed by atoms with Gasteiger partial charge < -0.3 is 5.32 Å². The van der Waals surface area contributed by atoms with Gasteiger partial charge in [0, 0.05) is 11.3 Å². The second-order valence-corrected chi connectivity index (χ2v) is 4.86. The first-order chi connectivity index (χ1) is 10.0. The van der Waals surface area contributed by atoms with Gasteiger partial charge in [0.1, 0.15) is 6.07 Å². The van der Waals surface area contributed by atoms with E-state index >= 15 is 0 Å². The van der Waals surface area contributed by atoms with Crippen molar-refractivity contribution in [3.8, 4) is 6.07 Å². The van der Waals surface area contributed by atoms with E-state index in [1.165, 1.54) is 18.2 Å². The van der Waals surface area contributed by atoms with E-state index < -0.39 is 11.7 Å². The van der Waals surface area contributed by atoms with Crippen molar-refractivity contribution in [2.75, 3.05) is 5.32 Å². The van der Waals surface area contributed by atoms with Gasteiger partial charge in [-0.2, -0.15) is 5.26 Å². The lowest BCUT2D eigenvalue weighted by molar-refractivity contribution is -0.112. The van der Waals surface area contributed by atoms with Gasteiger partial charge in [0.15, 0.2) is 0 Å². The van der Waals surface area contributed by atoms with E-state index in [2.05, 4.69) is 5.32 Å². The van der Waals surface area contributed by atoms with Gasteiger partial charge in [0.05, 0.1) is 10.6 Å². The number of nitriles is 1. The van der Waals surface area contributed by atoms with Crippen LogP contribution in [-0.4, -0.2) is 11.7 Å². The van der Waals surface area contributed by atoms with Crippen molar-refractivity contribution in [2.24, 2.45) is 0 Å². The Balaban J connectivity index is 2.14. The van der Waals surface area contributed by atoms with Crippen molar-refractivity contribution in [2.45, 2.75) is 6.92 Å². The zero-order valence-electron chi connectivity index (χ0n) is 11.2. The van der Waals surface area contributed by atoms with E-state index in [9.17, 15) is 9.59 Å². The molecule has 0 saturated heterocycles. The third kappa shape index (κ3) is 3.47. The van der Waals surface area contributed by atoms with Crippen LogP contribution in [0.3, 0.4) is 0 Å². The van der Waals surface area contributed by atoms with Crippen LogP contribution in [0.1, 0.15) is 21.5 Å². The normalized spacial score (nSPS) is 9.76. The molecular formula is C16H11ClN2O2. The molecule has 0 heterocycles. The first-order valence-corrected chi connectivity index (χ1v) is 6.51. The molecule has 2 aromatic carbocycles. The number of hydrogen-bond donors (Lipinski definition) is 1. The quantitative estimate of drug-likeness (QED) is 0.698. The lowest BCUT2D eigenvalue weighted by Crippen LogP contribution is -2.22. The number of benzene rings is 2. The van der Waals surface area contributed by atoms with Gasteiger partial charge in [0.2, 0.25) is 0 Å². The smallest absolute Gasteiger partial charge is 0.296 e. The maximum absolute atomic E-state index is 12.0. The highest BCUT2D eigenvalue weighted by Gasteiger charge is 2.16. The number of carbonyl (C=O) groups excluding carboxylic acids is 2. The van der Waals surface area contributed by atoms with E-state index in [0.29, 0.717) is 16.8 Å². The second kappa shape index (κ2) is 6.21. The van der Waals surface area contributed by atoms with Crippen LogP contribution in [0.5, 0.6) is 0 Å². The Bertz CT molecular complexity index is 746. The van der Waals surface area contributed by atoms with Gasteiger partial charge in [-0.3, -0.25) is 9.59 Å². The van der Waals surface area contributed by atoms with Crippen LogP contribution >= 0.6 is 11.6 Å². The molecule has 0 fully saturated rings. The molecule has 0 saturated carbocycles. The molecule has 1 N–H and O–H groups in total. The Labute approximate surface area is 127 Å². The third-order valence-electron chi connectivity index (χ3n) is 2.87. The van der Waals surface area contributed by atoms with E-state index in [-0.39, 0.29) is 5.02 Å². The molecule has 0 aliphatic rings. The minimum Gasteiger partial charge on any atom is -0.319 e. The maximum Gasteiger partial charge on any atom is 0.296 e. The van der Waals surface area contributed by atoms with Crippen LogP contribution in [-0.2, 0) is 4.79 Å². The van der Waals surface area contributed by atoms with E-state index in [4.69, 9.17) is 16.9 Å². The first kappa shape index (κ1) is 14.8. The molecule has 4 nitrogen and oxygen atoms in total. The molecule has 0 aliphatic carbocycles. The molecule has 5 heteroatoms. The minimum absolute atomic E-state index is 0.220. The van der Waals surface area contributed by atoms with Gasteiger partial charge in [-0.15, -0.1) is 0 Å². The summed E-state index contributed by atoms with van der Waals surface area (Å²) in [6.07, 6.45) is 0. The summed E-state index contributed by atoms with van der Waals surface area (Å²) in [5.41, 5.74) is 1.99. The highest BCUT2D eigenvalue weighted by Crippen LogP contribution is 2.20. The molecule has 0 spiro atoms. The molecule has 0 unspecified atom stereocenters. The van der Waals surface area contributed by atoms with Gasteiger partial charge in [-0.25, -0.2) is 0 Å². The average Bonchev–Trinajstić information content (AvgIpc) is 2.47. The molecular weight excluding hydrogens is 288 g/mol. The van der Waals surface area contributed by atoms with Crippen LogP contribution in [0, 0.1) is 18.3 Å². The summed E-state index contributed by atoms with van der Waals surface area (Å²) in [7, 11) is 0. The summed E-state index contributed by atoms with van der Waals surface area (Å²) >= 11 is 5.87. The molecule has 0 bridgehead atoms. The Kier molecular flexibility index (Phi) is 4.36. The van der Waals surface area contributed by atoms with Gasteiger partial charge in [-0.05, 0) is 25.1 Å². The van der Waals surface area contributed by atoms with Crippen molar-refractivity contribution >= 4 is 29.0 Å². The minimum atomic E-state index is -0.750. The van der Waals surface area contributed by atoms with Crippen molar-refractivity contribution in [1.29, 1.82) is 5.26 Å². The summed E-state index contributed by atoms with van der Waals surface area (Å²) in [6, 6.07) is 13.1. The number of hydrogen-bond acceptors (Lipinski definition) is 3. The number of nitrogens with zero attached hydrogens (tertiary/aromatic N) is 1. The maximum atomic E-state index is 12.0. The topological polar surface area (TPSA) is 70.0 Å². The Hall–Kier alpha value is -2.64. The standard InChI is InChI=1S/C16H11ClN2O2/c1-10-2-4-11(5-3-10)15(20)16(21)19-13-7-6-12(9-18)14(17)8-13/h2-8H,1H3,(H,19,21). The van der Waals surface area contributed by atoms with E-state index in [0.717, 1.165) is 5.56 Å². The van der Waals surface area contributed by atoms with Crippen LogP contribution in [0.4, 0.5) is 5.69 Å². The molecule has 0 radical (unpaired) electrons. The molecule has 1 amide bonds. The Morgan fingerprint density at radius 1 is 1.14 bits per heavy atom. The summed E-state index contributed by atoms with van der Waals surface area (Å²) in [6.45, 7) is 1.90. The van der Waals surface area contributed by atoms with Crippen LogP contribution in [0.15, 0.2) is 42.5 Å². The summed E-state index contributed by atoms with van der Waals surface area (Å²) in [5, 5.41) is 11.5. The van der Waals surface area contributed by atoms with Gasteiger partial charge in [0.25, 0.3) is 11.7 Å². The number of ketones is 1. The van der Waals surface area contributed by atoms with Crippen molar-refractivity contribution in [3.05, 3.63) is 64.2 Å². The molecule has 104 valence electrons. The fourth-order valence-electron chi connectivity index (χ4n) is 1.71. The predicted molar refractivity (Wildman–Crippen MR) is 80.3 cm³/mol. The number of nitrogens with one attached hydrogen (secondary N) is 1. The third-order valence-corrected chi connectivity index (χ3v) is 3.18. The number of Topliss-reactive ketones (excluding diaryl/α,β-unsaturated/α-hetero) is 1. The second-order valence-electron chi connectivity index (χ2n) is 4.46. The summed E-state index contributed by atoms with van der Waals surface area (Å²) in [5.74, 6) is -1.38. The number of carbonyl (C=O) groups is 2. The number of amides is 1. The van der Waals surface area contributed by atoms with Crippen LogP contribution in [0.25, 0.3) is 0 Å². The molecule has 0 aliphatic heterocycles. The largest absolute Gasteiger partial charge is 0.319 e. The van der Waals surface area contributed by atoms with E-state index in [1.54, 1.807) is 24.3 Å². The highest BCUT2D eigenvalue weighted by atomic mass is 35.5. The average molecular weight is 299 g/mol. The SMILES string of the molecule is Cc1ccc(C(=O)C(=O)Nc2ccc(C#N)c(Cl)c2)cc1. The number of aryl methyl sites for hydroxylation is 1. The molecule has 21 heavy (non-hydrogen) atoms. The van der Waals surface area contributed by atoms with Crippen LogP contribution in [0.2, 0.25) is 5.02 Å². The van der Waals surface area contributed by atoms with Crippen molar-refractivity contribution < 1.29 is 9.59 Å². The molecule has 2 rings (SSSR count). The van der Waals surface area contributed by atoms with E-state index in [1.807, 2.05) is 13.0 Å². The van der Waals surface area contributed by atoms with Crippen molar-refractivity contribution in [1.82, 2.24) is 0 Å². The zero-order chi connectivity index (χ0) is 15.4. The number of halogens is 1.